The maximum absolute atomic E-state index is 11.5. The number of amides is 1. The second kappa shape index (κ2) is 9.40. The second-order valence-electron chi connectivity index (χ2n) is 7.07. The minimum atomic E-state index is 0.0736. The van der Waals surface area contributed by atoms with Crippen LogP contribution in [0.15, 0.2) is 42.5 Å². The molecule has 0 radical (unpaired) electrons. The Morgan fingerprint density at radius 3 is 2.75 bits per heavy atom. The molecule has 5 nitrogen and oxygen atoms in total. The van der Waals surface area contributed by atoms with Crippen LogP contribution >= 0.6 is 0 Å². The van der Waals surface area contributed by atoms with Crippen LogP contribution < -0.4 is 10.1 Å². The summed E-state index contributed by atoms with van der Waals surface area (Å²) in [6, 6.07) is 14.4. The second-order valence-corrected chi connectivity index (χ2v) is 7.07. The Morgan fingerprint density at radius 1 is 1.14 bits per heavy atom. The molecular weight excluding hydrogens is 350 g/mol. The van der Waals surface area contributed by atoms with Crippen molar-refractivity contribution in [1.82, 2.24) is 14.9 Å². The van der Waals surface area contributed by atoms with Crippen molar-refractivity contribution in [2.75, 3.05) is 13.2 Å². The van der Waals surface area contributed by atoms with E-state index in [0.717, 1.165) is 42.0 Å². The molecule has 0 aliphatic rings. The molecule has 0 unspecified atom stereocenters. The van der Waals surface area contributed by atoms with E-state index in [0.29, 0.717) is 19.6 Å². The van der Waals surface area contributed by atoms with Crippen LogP contribution in [0.5, 0.6) is 5.75 Å². The molecule has 0 saturated heterocycles. The van der Waals surface area contributed by atoms with Gasteiger partial charge in [0, 0.05) is 25.9 Å². The van der Waals surface area contributed by atoms with E-state index in [1.807, 2.05) is 31.2 Å². The highest BCUT2D eigenvalue weighted by molar-refractivity contribution is 5.76. The number of imidazole rings is 1. The predicted molar refractivity (Wildman–Crippen MR) is 113 cm³/mol. The number of benzene rings is 2. The van der Waals surface area contributed by atoms with Gasteiger partial charge in [-0.05, 0) is 55.7 Å². The highest BCUT2D eigenvalue weighted by Crippen LogP contribution is 2.19. The molecule has 1 heterocycles. The standard InChI is InChI=1S/C23H29N3O2/c1-4-23(27)24-13-12-22-25-20-8-5-6-9-21(20)26(22)14-7-15-28-19-11-10-17(2)18(3)16-19/h5-6,8-11,16H,4,7,12-15H2,1-3H3,(H,24,27). The number of ether oxygens (including phenoxy) is 1. The van der Waals surface area contributed by atoms with Gasteiger partial charge in [-0.3, -0.25) is 4.79 Å². The fourth-order valence-electron chi connectivity index (χ4n) is 3.22. The van der Waals surface area contributed by atoms with Crippen molar-refractivity contribution < 1.29 is 9.53 Å². The monoisotopic (exact) mass is 379 g/mol. The highest BCUT2D eigenvalue weighted by Gasteiger charge is 2.10. The summed E-state index contributed by atoms with van der Waals surface area (Å²) in [5, 5.41) is 2.93. The van der Waals surface area contributed by atoms with Crippen LogP contribution in [0.3, 0.4) is 0 Å². The summed E-state index contributed by atoms with van der Waals surface area (Å²) in [5.41, 5.74) is 4.64. The lowest BCUT2D eigenvalue weighted by atomic mass is 10.1. The van der Waals surface area contributed by atoms with Gasteiger partial charge < -0.3 is 14.6 Å². The fourth-order valence-corrected chi connectivity index (χ4v) is 3.22. The van der Waals surface area contributed by atoms with Crippen molar-refractivity contribution in [3.05, 3.63) is 59.4 Å². The zero-order valence-corrected chi connectivity index (χ0v) is 17.0. The Kier molecular flexibility index (Phi) is 6.69. The zero-order chi connectivity index (χ0) is 19.9. The molecule has 0 atom stereocenters. The van der Waals surface area contributed by atoms with E-state index in [1.165, 1.54) is 11.1 Å². The van der Waals surface area contributed by atoms with Crippen molar-refractivity contribution in [3.63, 3.8) is 0 Å². The maximum Gasteiger partial charge on any atom is 0.219 e. The Balaban J connectivity index is 1.62. The van der Waals surface area contributed by atoms with Gasteiger partial charge in [-0.15, -0.1) is 0 Å². The van der Waals surface area contributed by atoms with Crippen LogP contribution in [0.4, 0.5) is 0 Å². The van der Waals surface area contributed by atoms with Gasteiger partial charge >= 0.3 is 0 Å². The zero-order valence-electron chi connectivity index (χ0n) is 17.0. The number of rotatable bonds is 9. The van der Waals surface area contributed by atoms with Gasteiger partial charge in [-0.2, -0.15) is 0 Å². The van der Waals surface area contributed by atoms with Gasteiger partial charge in [0.2, 0.25) is 5.91 Å². The molecular formula is C23H29N3O2. The summed E-state index contributed by atoms with van der Waals surface area (Å²) >= 11 is 0. The number of aromatic nitrogens is 2. The number of nitrogens with zero attached hydrogens (tertiary/aromatic N) is 2. The Labute approximate surface area is 166 Å². The lowest BCUT2D eigenvalue weighted by Crippen LogP contribution is -2.25. The quantitative estimate of drug-likeness (QED) is 0.567. The molecule has 5 heteroatoms. The number of hydrogen-bond donors (Lipinski definition) is 1. The molecule has 0 bridgehead atoms. The number of fused-ring (bicyclic) bond motifs is 1. The fraction of sp³-hybridized carbons (Fsp3) is 0.391. The Morgan fingerprint density at radius 2 is 1.96 bits per heavy atom. The van der Waals surface area contributed by atoms with Gasteiger partial charge in [-0.25, -0.2) is 4.98 Å². The average molecular weight is 380 g/mol. The van der Waals surface area contributed by atoms with Gasteiger partial charge in [0.1, 0.15) is 11.6 Å². The summed E-state index contributed by atoms with van der Waals surface area (Å²) < 4.78 is 8.18. The van der Waals surface area contributed by atoms with E-state index in [1.54, 1.807) is 0 Å². The molecule has 28 heavy (non-hydrogen) atoms. The number of aryl methyl sites for hydroxylation is 3. The van der Waals surface area contributed by atoms with E-state index in [4.69, 9.17) is 9.72 Å². The van der Waals surface area contributed by atoms with Crippen LogP contribution in [0, 0.1) is 13.8 Å². The summed E-state index contributed by atoms with van der Waals surface area (Å²) in [7, 11) is 0. The van der Waals surface area contributed by atoms with E-state index < -0.39 is 0 Å². The highest BCUT2D eigenvalue weighted by atomic mass is 16.5. The van der Waals surface area contributed by atoms with E-state index in [9.17, 15) is 4.79 Å². The Hall–Kier alpha value is -2.82. The van der Waals surface area contributed by atoms with Crippen LogP contribution in [0.1, 0.15) is 36.7 Å². The van der Waals surface area contributed by atoms with Crippen LogP contribution in [-0.4, -0.2) is 28.6 Å². The molecule has 0 saturated carbocycles. The third-order valence-corrected chi connectivity index (χ3v) is 5.00. The molecule has 0 aliphatic heterocycles. The lowest BCUT2D eigenvalue weighted by Gasteiger charge is -2.11. The van der Waals surface area contributed by atoms with Crippen LogP contribution in [0.25, 0.3) is 11.0 Å². The van der Waals surface area contributed by atoms with E-state index >= 15 is 0 Å². The molecule has 0 fully saturated rings. The molecule has 1 amide bonds. The van der Waals surface area contributed by atoms with Crippen molar-refractivity contribution in [2.45, 2.75) is 46.6 Å². The number of para-hydroxylation sites is 2. The first-order valence-corrected chi connectivity index (χ1v) is 9.99. The van der Waals surface area contributed by atoms with Gasteiger partial charge in [0.15, 0.2) is 0 Å². The molecule has 2 aromatic carbocycles. The summed E-state index contributed by atoms with van der Waals surface area (Å²) in [6.45, 7) is 8.16. The summed E-state index contributed by atoms with van der Waals surface area (Å²) in [6.07, 6.45) is 2.12. The minimum Gasteiger partial charge on any atom is -0.494 e. The number of hydrogen-bond acceptors (Lipinski definition) is 3. The summed E-state index contributed by atoms with van der Waals surface area (Å²) in [5.74, 6) is 1.99. The third-order valence-electron chi connectivity index (χ3n) is 5.00. The SMILES string of the molecule is CCC(=O)NCCc1nc2ccccc2n1CCCOc1ccc(C)c(C)c1. The van der Waals surface area contributed by atoms with Gasteiger partial charge in [-0.1, -0.05) is 25.1 Å². The first kappa shape index (κ1) is 19.9. The van der Waals surface area contributed by atoms with Crippen molar-refractivity contribution in [3.8, 4) is 5.75 Å². The number of carbonyl (C=O) groups is 1. The molecule has 3 aromatic rings. The normalized spacial score (nSPS) is 11.0. The molecule has 3 rings (SSSR count). The maximum atomic E-state index is 11.5. The van der Waals surface area contributed by atoms with E-state index in [-0.39, 0.29) is 5.91 Å². The first-order valence-electron chi connectivity index (χ1n) is 9.99. The molecule has 0 spiro atoms. The lowest BCUT2D eigenvalue weighted by molar-refractivity contribution is -0.120. The van der Waals surface area contributed by atoms with Gasteiger partial charge in [0.05, 0.1) is 17.6 Å². The van der Waals surface area contributed by atoms with Crippen molar-refractivity contribution in [1.29, 1.82) is 0 Å². The Bertz CT molecular complexity index is 946. The largest absolute Gasteiger partial charge is 0.494 e. The smallest absolute Gasteiger partial charge is 0.219 e. The molecule has 0 aliphatic carbocycles. The van der Waals surface area contributed by atoms with Crippen LogP contribution in [-0.2, 0) is 17.8 Å². The van der Waals surface area contributed by atoms with Gasteiger partial charge in [0.25, 0.3) is 0 Å². The average Bonchev–Trinajstić information content (AvgIpc) is 3.05. The third kappa shape index (κ3) is 4.91. The summed E-state index contributed by atoms with van der Waals surface area (Å²) in [4.78, 5) is 16.3. The topological polar surface area (TPSA) is 56.2 Å². The van der Waals surface area contributed by atoms with Crippen molar-refractivity contribution in [2.24, 2.45) is 0 Å². The van der Waals surface area contributed by atoms with E-state index in [2.05, 4.69) is 41.9 Å². The first-order chi connectivity index (χ1) is 13.6. The predicted octanol–water partition coefficient (Wildman–Crippen LogP) is 4.19. The minimum absolute atomic E-state index is 0.0736. The molecule has 1 aromatic heterocycles. The van der Waals surface area contributed by atoms with Crippen molar-refractivity contribution >= 4 is 16.9 Å². The number of carbonyl (C=O) groups excluding carboxylic acids is 1. The molecule has 1 N–H and O–H groups in total. The molecule has 148 valence electrons. The number of nitrogens with one attached hydrogen (secondary N) is 1. The van der Waals surface area contributed by atoms with Crippen LogP contribution in [0.2, 0.25) is 0 Å².